The molecule has 1 aromatic heterocycles. The molecular weight excluding hydrogens is 366 g/mol. The Morgan fingerprint density at radius 1 is 1.30 bits per heavy atom. The number of aryl methyl sites for hydroxylation is 1. The summed E-state index contributed by atoms with van der Waals surface area (Å²) in [6.45, 7) is -1.84. The zero-order chi connectivity index (χ0) is 19.8. The van der Waals surface area contributed by atoms with E-state index in [1.165, 1.54) is 37.5 Å². The molecule has 0 bridgehead atoms. The van der Waals surface area contributed by atoms with E-state index in [0.717, 1.165) is 6.08 Å². The van der Waals surface area contributed by atoms with Gasteiger partial charge in [0.2, 0.25) is 0 Å². The van der Waals surface area contributed by atoms with E-state index in [-0.39, 0.29) is 17.3 Å². The second kappa shape index (κ2) is 9.32. The van der Waals surface area contributed by atoms with Crippen molar-refractivity contribution in [2.45, 2.75) is 13.5 Å². The standard InChI is InChI=1S/C17H16F2N2O6/c1-10-7-14(21-27-10)20-15(22)9-25-16(23)6-4-11-3-5-12(26-17(18)19)13(8-11)24-2/h3-8,17H,9H2,1-2H3,(H,20,21,22)/b6-4+. The molecular formula is C17H16F2N2O6. The quantitative estimate of drug-likeness (QED) is 0.553. The molecule has 0 saturated carbocycles. The first-order chi connectivity index (χ1) is 12.9. The largest absolute Gasteiger partial charge is 0.493 e. The summed E-state index contributed by atoms with van der Waals surface area (Å²) in [6.07, 6.45) is 2.45. The fourth-order valence-corrected chi connectivity index (χ4v) is 1.93. The zero-order valence-corrected chi connectivity index (χ0v) is 14.4. The van der Waals surface area contributed by atoms with Gasteiger partial charge in [0, 0.05) is 12.1 Å². The van der Waals surface area contributed by atoms with E-state index in [2.05, 4.69) is 15.2 Å². The van der Waals surface area contributed by atoms with E-state index in [9.17, 15) is 18.4 Å². The van der Waals surface area contributed by atoms with Crippen molar-refractivity contribution in [3.8, 4) is 11.5 Å². The summed E-state index contributed by atoms with van der Waals surface area (Å²) < 4.78 is 43.4. The minimum absolute atomic E-state index is 0.0769. The van der Waals surface area contributed by atoms with Crippen LogP contribution >= 0.6 is 0 Å². The second-order valence-corrected chi connectivity index (χ2v) is 5.10. The summed E-state index contributed by atoms with van der Waals surface area (Å²) in [7, 11) is 1.30. The highest BCUT2D eigenvalue weighted by Crippen LogP contribution is 2.29. The smallest absolute Gasteiger partial charge is 0.387 e. The van der Waals surface area contributed by atoms with Crippen LogP contribution < -0.4 is 14.8 Å². The number of rotatable bonds is 8. The molecule has 0 unspecified atom stereocenters. The third-order valence-electron chi connectivity index (χ3n) is 3.06. The molecule has 1 amide bonds. The fourth-order valence-electron chi connectivity index (χ4n) is 1.93. The molecule has 0 radical (unpaired) electrons. The van der Waals surface area contributed by atoms with Crippen molar-refractivity contribution < 1.29 is 37.1 Å². The molecule has 0 saturated heterocycles. The average Bonchev–Trinajstić information content (AvgIpc) is 3.03. The maximum absolute atomic E-state index is 12.3. The lowest BCUT2D eigenvalue weighted by atomic mass is 10.2. The average molecular weight is 382 g/mol. The van der Waals surface area contributed by atoms with Crippen molar-refractivity contribution in [1.29, 1.82) is 0 Å². The predicted octanol–water partition coefficient (Wildman–Crippen LogP) is 2.79. The minimum Gasteiger partial charge on any atom is -0.493 e. The molecule has 8 nitrogen and oxygen atoms in total. The van der Waals surface area contributed by atoms with Crippen LogP contribution in [-0.4, -0.2) is 37.4 Å². The van der Waals surface area contributed by atoms with Crippen LogP contribution in [0.15, 0.2) is 34.9 Å². The Morgan fingerprint density at radius 3 is 2.70 bits per heavy atom. The van der Waals surface area contributed by atoms with Gasteiger partial charge in [-0.25, -0.2) is 4.79 Å². The highest BCUT2D eigenvalue weighted by Gasteiger charge is 2.11. The number of nitrogens with one attached hydrogen (secondary N) is 1. The molecule has 0 aliphatic rings. The Balaban J connectivity index is 1.87. The molecule has 0 fully saturated rings. The van der Waals surface area contributed by atoms with Crippen molar-refractivity contribution >= 4 is 23.8 Å². The summed E-state index contributed by atoms with van der Waals surface area (Å²) in [4.78, 5) is 23.3. The van der Waals surface area contributed by atoms with Crippen LogP contribution in [-0.2, 0) is 14.3 Å². The van der Waals surface area contributed by atoms with Gasteiger partial charge in [-0.1, -0.05) is 11.2 Å². The summed E-state index contributed by atoms with van der Waals surface area (Å²) in [5, 5.41) is 5.96. The molecule has 27 heavy (non-hydrogen) atoms. The van der Waals surface area contributed by atoms with Gasteiger partial charge in [-0.15, -0.1) is 0 Å². The maximum Gasteiger partial charge on any atom is 0.387 e. The first-order valence-corrected chi connectivity index (χ1v) is 7.58. The number of esters is 1. The monoisotopic (exact) mass is 382 g/mol. The number of hydrogen-bond donors (Lipinski definition) is 1. The van der Waals surface area contributed by atoms with E-state index in [0.29, 0.717) is 11.3 Å². The fraction of sp³-hybridized carbons (Fsp3) is 0.235. The van der Waals surface area contributed by atoms with Gasteiger partial charge in [-0.3, -0.25) is 4.79 Å². The maximum atomic E-state index is 12.3. The Hall–Kier alpha value is -3.43. The van der Waals surface area contributed by atoms with Crippen LogP contribution in [0.1, 0.15) is 11.3 Å². The molecule has 1 N–H and O–H groups in total. The number of carbonyl (C=O) groups is 2. The lowest BCUT2D eigenvalue weighted by Crippen LogP contribution is -2.20. The number of aromatic nitrogens is 1. The van der Waals surface area contributed by atoms with Gasteiger partial charge in [-0.2, -0.15) is 8.78 Å². The van der Waals surface area contributed by atoms with Gasteiger partial charge in [0.25, 0.3) is 5.91 Å². The van der Waals surface area contributed by atoms with Gasteiger partial charge >= 0.3 is 12.6 Å². The highest BCUT2D eigenvalue weighted by atomic mass is 19.3. The molecule has 2 rings (SSSR count). The van der Waals surface area contributed by atoms with Crippen molar-refractivity contribution in [1.82, 2.24) is 5.16 Å². The van der Waals surface area contributed by atoms with Gasteiger partial charge in [0.15, 0.2) is 23.9 Å². The second-order valence-electron chi connectivity index (χ2n) is 5.10. The van der Waals surface area contributed by atoms with E-state index in [1.54, 1.807) is 6.92 Å². The molecule has 0 spiro atoms. The van der Waals surface area contributed by atoms with Crippen LogP contribution in [0.4, 0.5) is 14.6 Å². The number of alkyl halides is 2. The van der Waals surface area contributed by atoms with Gasteiger partial charge in [0.05, 0.1) is 7.11 Å². The number of nitrogens with zero attached hydrogens (tertiary/aromatic N) is 1. The SMILES string of the molecule is COc1cc(/C=C/C(=O)OCC(=O)Nc2cc(C)on2)ccc1OC(F)F. The van der Waals surface area contributed by atoms with E-state index in [4.69, 9.17) is 14.0 Å². The molecule has 0 atom stereocenters. The van der Waals surface area contributed by atoms with Crippen LogP contribution in [0.25, 0.3) is 6.08 Å². The normalized spacial score (nSPS) is 10.9. The van der Waals surface area contributed by atoms with E-state index < -0.39 is 25.1 Å². The number of ether oxygens (including phenoxy) is 3. The number of methoxy groups -OCH3 is 1. The van der Waals surface area contributed by atoms with E-state index in [1.807, 2.05) is 0 Å². The lowest BCUT2D eigenvalue weighted by molar-refractivity contribution is -0.142. The predicted molar refractivity (Wildman–Crippen MR) is 89.5 cm³/mol. The van der Waals surface area contributed by atoms with Crippen molar-refractivity contribution in [3.63, 3.8) is 0 Å². The molecule has 10 heteroatoms. The first kappa shape index (κ1) is 19.9. The number of hydrogen-bond acceptors (Lipinski definition) is 7. The van der Waals surface area contributed by atoms with Crippen molar-refractivity contribution in [2.24, 2.45) is 0 Å². The Bertz CT molecular complexity index is 835. The Kier molecular flexibility index (Phi) is 6.86. The Morgan fingerprint density at radius 2 is 2.07 bits per heavy atom. The molecule has 0 aliphatic carbocycles. The van der Waals surface area contributed by atoms with Crippen molar-refractivity contribution in [3.05, 3.63) is 41.7 Å². The summed E-state index contributed by atoms with van der Waals surface area (Å²) in [6, 6.07) is 5.64. The van der Waals surface area contributed by atoms with Crippen LogP contribution in [0, 0.1) is 6.92 Å². The first-order valence-electron chi connectivity index (χ1n) is 7.58. The van der Waals surface area contributed by atoms with Gasteiger partial charge in [0.1, 0.15) is 5.76 Å². The summed E-state index contributed by atoms with van der Waals surface area (Å²) in [5.74, 6) is -0.679. The number of amides is 1. The van der Waals surface area contributed by atoms with Gasteiger partial charge in [-0.05, 0) is 30.7 Å². The number of benzene rings is 1. The molecule has 1 aromatic carbocycles. The lowest BCUT2D eigenvalue weighted by Gasteiger charge is -2.10. The van der Waals surface area contributed by atoms with Gasteiger partial charge < -0.3 is 24.1 Å². The van der Waals surface area contributed by atoms with Crippen LogP contribution in [0.2, 0.25) is 0 Å². The number of halogens is 2. The Labute approximate surface area is 152 Å². The molecule has 0 aliphatic heterocycles. The van der Waals surface area contributed by atoms with Crippen molar-refractivity contribution in [2.75, 3.05) is 19.0 Å². The topological polar surface area (TPSA) is 99.9 Å². The zero-order valence-electron chi connectivity index (χ0n) is 14.4. The van der Waals surface area contributed by atoms with Crippen LogP contribution in [0.5, 0.6) is 11.5 Å². The molecule has 144 valence electrons. The third-order valence-corrected chi connectivity index (χ3v) is 3.06. The number of anilines is 1. The minimum atomic E-state index is -2.98. The summed E-state index contributed by atoms with van der Waals surface area (Å²) >= 11 is 0. The van der Waals surface area contributed by atoms with Crippen LogP contribution in [0.3, 0.4) is 0 Å². The van der Waals surface area contributed by atoms with E-state index >= 15 is 0 Å². The third kappa shape index (κ3) is 6.42. The number of carbonyl (C=O) groups excluding carboxylic acids is 2. The summed E-state index contributed by atoms with van der Waals surface area (Å²) in [5.41, 5.74) is 0.480. The molecule has 2 aromatic rings. The molecule has 1 heterocycles. The highest BCUT2D eigenvalue weighted by molar-refractivity contribution is 5.94.